The van der Waals surface area contributed by atoms with Gasteiger partial charge in [-0.15, -0.1) is 0 Å². The summed E-state index contributed by atoms with van der Waals surface area (Å²) in [5.74, 6) is 0.0181. The van der Waals surface area contributed by atoms with E-state index in [1.807, 2.05) is 13.8 Å². The van der Waals surface area contributed by atoms with E-state index in [1.54, 1.807) is 12.1 Å². The van der Waals surface area contributed by atoms with Crippen molar-refractivity contribution in [1.29, 1.82) is 0 Å². The first kappa shape index (κ1) is 11.3. The predicted octanol–water partition coefficient (Wildman–Crippen LogP) is 1.51. The summed E-state index contributed by atoms with van der Waals surface area (Å²) in [7, 11) is 0. The Labute approximate surface area is 91.0 Å². The summed E-state index contributed by atoms with van der Waals surface area (Å²) < 4.78 is 5.63. The number of carbonyl (C=O) groups is 1. The van der Waals surface area contributed by atoms with Gasteiger partial charge in [0.05, 0.1) is 0 Å². The SMILES string of the molecule is CC(C)(CN)NC(=O)c1ccc(Br)o1. The van der Waals surface area contributed by atoms with Gasteiger partial charge in [0.2, 0.25) is 0 Å². The molecule has 0 aliphatic rings. The first-order chi connectivity index (χ1) is 6.44. The van der Waals surface area contributed by atoms with Crippen molar-refractivity contribution in [2.45, 2.75) is 19.4 Å². The van der Waals surface area contributed by atoms with Crippen LogP contribution in [-0.2, 0) is 0 Å². The van der Waals surface area contributed by atoms with E-state index in [1.165, 1.54) is 0 Å². The number of halogens is 1. The lowest BCUT2D eigenvalue weighted by Gasteiger charge is -2.23. The van der Waals surface area contributed by atoms with E-state index in [9.17, 15) is 4.79 Å². The van der Waals surface area contributed by atoms with Crippen molar-refractivity contribution in [2.75, 3.05) is 6.54 Å². The lowest BCUT2D eigenvalue weighted by atomic mass is 10.1. The molecule has 1 rings (SSSR count). The molecule has 0 atom stereocenters. The molecule has 5 heteroatoms. The highest BCUT2D eigenvalue weighted by Gasteiger charge is 2.20. The fourth-order valence-electron chi connectivity index (χ4n) is 0.856. The zero-order valence-electron chi connectivity index (χ0n) is 8.13. The molecule has 1 aromatic rings. The van der Waals surface area contributed by atoms with Gasteiger partial charge in [0.15, 0.2) is 10.4 Å². The molecule has 1 aromatic heterocycles. The predicted molar refractivity (Wildman–Crippen MR) is 57.0 cm³/mol. The molecular weight excluding hydrogens is 248 g/mol. The summed E-state index contributed by atoms with van der Waals surface area (Å²) in [6, 6.07) is 3.27. The van der Waals surface area contributed by atoms with E-state index in [0.717, 1.165) is 0 Å². The average Bonchev–Trinajstić information content (AvgIpc) is 2.51. The molecule has 0 bridgehead atoms. The molecule has 1 amide bonds. The number of hydrogen-bond acceptors (Lipinski definition) is 3. The molecule has 0 fully saturated rings. The zero-order chi connectivity index (χ0) is 10.8. The van der Waals surface area contributed by atoms with Crippen LogP contribution in [-0.4, -0.2) is 18.0 Å². The Morgan fingerprint density at radius 3 is 2.71 bits per heavy atom. The number of carbonyl (C=O) groups excluding carboxylic acids is 1. The second-order valence-corrected chi connectivity index (χ2v) is 4.43. The minimum absolute atomic E-state index is 0.258. The van der Waals surface area contributed by atoms with Gasteiger partial charge in [-0.25, -0.2) is 0 Å². The Morgan fingerprint density at radius 1 is 1.64 bits per heavy atom. The van der Waals surface area contributed by atoms with E-state index in [0.29, 0.717) is 11.2 Å². The molecule has 0 spiro atoms. The third-order valence-corrected chi connectivity index (χ3v) is 2.19. The summed E-state index contributed by atoms with van der Waals surface area (Å²) in [5, 5.41) is 2.76. The van der Waals surface area contributed by atoms with Crippen LogP contribution in [0, 0.1) is 0 Å². The second kappa shape index (κ2) is 4.14. The minimum Gasteiger partial charge on any atom is -0.444 e. The molecular formula is C9H13BrN2O2. The van der Waals surface area contributed by atoms with Crippen LogP contribution in [0.5, 0.6) is 0 Å². The second-order valence-electron chi connectivity index (χ2n) is 3.65. The number of furan rings is 1. The van der Waals surface area contributed by atoms with Crippen LogP contribution in [0.2, 0.25) is 0 Å². The fraction of sp³-hybridized carbons (Fsp3) is 0.444. The highest BCUT2D eigenvalue weighted by Crippen LogP contribution is 2.14. The summed E-state index contributed by atoms with van der Waals surface area (Å²) in [4.78, 5) is 11.6. The van der Waals surface area contributed by atoms with Crippen molar-refractivity contribution < 1.29 is 9.21 Å². The van der Waals surface area contributed by atoms with Gasteiger partial charge in [-0.2, -0.15) is 0 Å². The normalized spacial score (nSPS) is 11.4. The summed E-state index contributed by atoms with van der Waals surface area (Å²) in [6.07, 6.45) is 0. The van der Waals surface area contributed by atoms with E-state index >= 15 is 0 Å². The number of nitrogens with one attached hydrogen (secondary N) is 1. The van der Waals surface area contributed by atoms with Crippen LogP contribution in [0.3, 0.4) is 0 Å². The van der Waals surface area contributed by atoms with Crippen molar-refractivity contribution in [1.82, 2.24) is 5.32 Å². The number of hydrogen-bond donors (Lipinski definition) is 2. The highest BCUT2D eigenvalue weighted by molar-refractivity contribution is 9.10. The van der Waals surface area contributed by atoms with Gasteiger partial charge >= 0.3 is 0 Å². The maximum absolute atomic E-state index is 11.6. The third kappa shape index (κ3) is 2.85. The van der Waals surface area contributed by atoms with Crippen LogP contribution in [0.4, 0.5) is 0 Å². The molecule has 0 aromatic carbocycles. The van der Waals surface area contributed by atoms with Crippen LogP contribution < -0.4 is 11.1 Å². The van der Waals surface area contributed by atoms with E-state index in [4.69, 9.17) is 10.2 Å². The summed E-state index contributed by atoms with van der Waals surface area (Å²) in [6.45, 7) is 4.08. The fourth-order valence-corrected chi connectivity index (χ4v) is 1.16. The van der Waals surface area contributed by atoms with Gasteiger partial charge < -0.3 is 15.5 Å². The Morgan fingerprint density at radius 2 is 2.29 bits per heavy atom. The van der Waals surface area contributed by atoms with Gasteiger partial charge in [-0.1, -0.05) is 0 Å². The minimum atomic E-state index is -0.420. The molecule has 4 nitrogen and oxygen atoms in total. The standard InChI is InChI=1S/C9H13BrN2O2/c1-9(2,5-11)12-8(13)6-3-4-7(10)14-6/h3-4H,5,11H2,1-2H3,(H,12,13). The van der Waals surface area contributed by atoms with Crippen molar-refractivity contribution >= 4 is 21.8 Å². The highest BCUT2D eigenvalue weighted by atomic mass is 79.9. The first-order valence-corrected chi connectivity index (χ1v) is 5.02. The number of amides is 1. The maximum atomic E-state index is 11.6. The third-order valence-electron chi connectivity index (χ3n) is 1.76. The molecule has 3 N–H and O–H groups in total. The lowest BCUT2D eigenvalue weighted by Crippen LogP contribution is -2.48. The van der Waals surface area contributed by atoms with Crippen LogP contribution in [0.1, 0.15) is 24.4 Å². The quantitative estimate of drug-likeness (QED) is 0.866. The summed E-state index contributed by atoms with van der Waals surface area (Å²) in [5.41, 5.74) is 5.06. The van der Waals surface area contributed by atoms with Crippen molar-refractivity contribution in [2.24, 2.45) is 5.73 Å². The molecule has 14 heavy (non-hydrogen) atoms. The molecule has 78 valence electrons. The Bertz CT molecular complexity index is 333. The molecule has 1 heterocycles. The molecule has 0 unspecified atom stereocenters. The average molecular weight is 261 g/mol. The van der Waals surface area contributed by atoms with Crippen molar-refractivity contribution in [3.05, 3.63) is 22.6 Å². The number of rotatable bonds is 3. The van der Waals surface area contributed by atoms with Crippen LogP contribution in [0.15, 0.2) is 21.2 Å². The monoisotopic (exact) mass is 260 g/mol. The van der Waals surface area contributed by atoms with Gasteiger partial charge in [-0.05, 0) is 41.9 Å². The van der Waals surface area contributed by atoms with Crippen LogP contribution >= 0.6 is 15.9 Å². The molecule has 0 aliphatic carbocycles. The molecule has 0 saturated heterocycles. The largest absolute Gasteiger partial charge is 0.444 e. The van der Waals surface area contributed by atoms with E-state index in [-0.39, 0.29) is 11.7 Å². The molecule has 0 radical (unpaired) electrons. The lowest BCUT2D eigenvalue weighted by molar-refractivity contribution is 0.0886. The molecule has 0 saturated carbocycles. The smallest absolute Gasteiger partial charge is 0.287 e. The van der Waals surface area contributed by atoms with Gasteiger partial charge in [0.1, 0.15) is 0 Å². The Kier molecular flexibility index (Phi) is 3.34. The van der Waals surface area contributed by atoms with Crippen molar-refractivity contribution in [3.63, 3.8) is 0 Å². The summed E-state index contributed by atoms with van der Waals surface area (Å²) >= 11 is 3.13. The maximum Gasteiger partial charge on any atom is 0.287 e. The van der Waals surface area contributed by atoms with Crippen molar-refractivity contribution in [3.8, 4) is 0 Å². The van der Waals surface area contributed by atoms with E-state index < -0.39 is 5.54 Å². The van der Waals surface area contributed by atoms with Gasteiger partial charge in [-0.3, -0.25) is 4.79 Å². The topological polar surface area (TPSA) is 68.3 Å². The van der Waals surface area contributed by atoms with Gasteiger partial charge in [0.25, 0.3) is 5.91 Å². The van der Waals surface area contributed by atoms with E-state index in [2.05, 4.69) is 21.2 Å². The Hall–Kier alpha value is -0.810. The Balaban J connectivity index is 2.68. The zero-order valence-corrected chi connectivity index (χ0v) is 9.72. The molecule has 0 aliphatic heterocycles. The first-order valence-electron chi connectivity index (χ1n) is 4.22. The van der Waals surface area contributed by atoms with Gasteiger partial charge in [0, 0.05) is 12.1 Å². The van der Waals surface area contributed by atoms with Crippen LogP contribution in [0.25, 0.3) is 0 Å². The number of nitrogens with two attached hydrogens (primary N) is 1.